The molecule has 36 heavy (non-hydrogen) atoms. The van der Waals surface area contributed by atoms with E-state index in [0.29, 0.717) is 25.0 Å². The van der Waals surface area contributed by atoms with E-state index in [-0.39, 0.29) is 23.3 Å². The van der Waals surface area contributed by atoms with Crippen molar-refractivity contribution in [3.8, 4) is 0 Å². The first-order valence-electron chi connectivity index (χ1n) is 12.4. The molecule has 3 aromatic heterocycles. The van der Waals surface area contributed by atoms with E-state index in [4.69, 9.17) is 0 Å². The van der Waals surface area contributed by atoms with Crippen LogP contribution in [0, 0.1) is 5.92 Å². The second-order valence-electron chi connectivity index (χ2n) is 9.93. The minimum Gasteiger partial charge on any atom is -0.357 e. The zero-order chi connectivity index (χ0) is 24.8. The number of amides is 1. The smallest absolute Gasteiger partial charge is 0.270 e. The standard InChI is InChI=1S/C27H27F2N5O2/c28-26(29)18-11-20-6-7-21(12-18)34(20)15-19-10-17-5-4-16(9-22(17)31-19)14-30-27(36)23-13-25(35)33-8-2-1-3-24(33)32-23/h1-5,8-10,13,18,20-21,26,31H,6-7,11-12,14-15H2,(H,30,36)/t18?,20-,21+. The van der Waals surface area contributed by atoms with Gasteiger partial charge in [0.1, 0.15) is 11.3 Å². The number of H-pyrrole nitrogens is 1. The summed E-state index contributed by atoms with van der Waals surface area (Å²) in [6, 6.07) is 15.0. The van der Waals surface area contributed by atoms with Gasteiger partial charge in [-0.25, -0.2) is 13.8 Å². The molecule has 3 atom stereocenters. The van der Waals surface area contributed by atoms with Crippen LogP contribution in [0.2, 0.25) is 0 Å². The molecule has 9 heteroatoms. The highest BCUT2D eigenvalue weighted by molar-refractivity contribution is 5.92. The topological polar surface area (TPSA) is 82.5 Å². The van der Waals surface area contributed by atoms with Gasteiger partial charge in [0, 0.05) is 54.6 Å². The number of aromatic amines is 1. The van der Waals surface area contributed by atoms with E-state index in [2.05, 4.69) is 26.3 Å². The molecule has 5 heterocycles. The quantitative estimate of drug-likeness (QED) is 0.425. The lowest BCUT2D eigenvalue weighted by Gasteiger charge is -2.38. The fraction of sp³-hybridized carbons (Fsp3) is 0.370. The van der Waals surface area contributed by atoms with Crippen LogP contribution in [0.3, 0.4) is 0 Å². The fourth-order valence-corrected chi connectivity index (χ4v) is 5.85. The summed E-state index contributed by atoms with van der Waals surface area (Å²) in [6.45, 7) is 1.03. The number of carbonyl (C=O) groups is 1. The Kier molecular flexibility index (Phi) is 5.79. The highest BCUT2D eigenvalue weighted by atomic mass is 19.3. The molecule has 2 bridgehead atoms. The van der Waals surface area contributed by atoms with Crippen molar-refractivity contribution in [1.29, 1.82) is 0 Å². The van der Waals surface area contributed by atoms with Crippen LogP contribution in [0.1, 0.15) is 47.4 Å². The van der Waals surface area contributed by atoms with Gasteiger partial charge in [0.25, 0.3) is 11.5 Å². The predicted octanol–water partition coefficient (Wildman–Crippen LogP) is 4.11. The number of rotatable bonds is 6. The lowest BCUT2D eigenvalue weighted by molar-refractivity contribution is 0.00311. The van der Waals surface area contributed by atoms with Crippen molar-refractivity contribution in [1.82, 2.24) is 24.6 Å². The van der Waals surface area contributed by atoms with Gasteiger partial charge in [-0.3, -0.25) is 18.9 Å². The maximum atomic E-state index is 13.2. The first kappa shape index (κ1) is 22.8. The van der Waals surface area contributed by atoms with Crippen LogP contribution in [-0.4, -0.2) is 43.7 Å². The lowest BCUT2D eigenvalue weighted by Crippen LogP contribution is -2.43. The van der Waals surface area contributed by atoms with E-state index in [9.17, 15) is 18.4 Å². The largest absolute Gasteiger partial charge is 0.357 e. The molecule has 2 fully saturated rings. The predicted molar refractivity (Wildman–Crippen MR) is 132 cm³/mol. The molecular weight excluding hydrogens is 464 g/mol. The normalized spacial score (nSPS) is 22.0. The van der Waals surface area contributed by atoms with E-state index >= 15 is 0 Å². The molecule has 2 aliphatic rings. The highest BCUT2D eigenvalue weighted by Crippen LogP contribution is 2.41. The van der Waals surface area contributed by atoms with Gasteiger partial charge < -0.3 is 10.3 Å². The number of piperidine rings is 1. The highest BCUT2D eigenvalue weighted by Gasteiger charge is 2.43. The minimum atomic E-state index is -2.22. The van der Waals surface area contributed by atoms with Crippen LogP contribution in [0.15, 0.2) is 59.5 Å². The molecule has 2 saturated heterocycles. The van der Waals surface area contributed by atoms with Gasteiger partial charge in [-0.05, 0) is 60.9 Å². The molecule has 0 saturated carbocycles. The van der Waals surface area contributed by atoms with Gasteiger partial charge in [-0.15, -0.1) is 0 Å². The molecule has 1 unspecified atom stereocenters. The molecule has 0 radical (unpaired) electrons. The van der Waals surface area contributed by atoms with Crippen molar-refractivity contribution < 1.29 is 13.6 Å². The van der Waals surface area contributed by atoms with Gasteiger partial charge in [-0.1, -0.05) is 18.2 Å². The summed E-state index contributed by atoms with van der Waals surface area (Å²) in [4.78, 5) is 35.1. The summed E-state index contributed by atoms with van der Waals surface area (Å²) in [7, 11) is 0. The van der Waals surface area contributed by atoms with Crippen molar-refractivity contribution in [2.75, 3.05) is 0 Å². The molecule has 0 aliphatic carbocycles. The number of fused-ring (bicyclic) bond motifs is 4. The summed E-state index contributed by atoms with van der Waals surface area (Å²) in [5.74, 6) is -0.878. The number of aromatic nitrogens is 3. The number of nitrogens with zero attached hydrogens (tertiary/aromatic N) is 3. The number of pyridine rings is 1. The molecule has 6 rings (SSSR count). The molecule has 0 spiro atoms. The molecule has 1 aromatic carbocycles. The SMILES string of the molecule is O=C(NCc1ccc2cc(CN3[C@@H]4CC[C@H]3CC(C(F)F)C4)[nH]c2c1)c1cc(=O)n2ccccc2n1. The maximum absolute atomic E-state index is 13.2. The molecule has 2 aliphatic heterocycles. The van der Waals surface area contributed by atoms with Crippen LogP contribution in [0.25, 0.3) is 16.6 Å². The van der Waals surface area contributed by atoms with Crippen LogP contribution in [0.5, 0.6) is 0 Å². The first-order valence-corrected chi connectivity index (χ1v) is 12.4. The van der Waals surface area contributed by atoms with E-state index in [1.165, 1.54) is 10.5 Å². The molecular formula is C27H27F2N5O2. The van der Waals surface area contributed by atoms with Crippen molar-refractivity contribution in [3.63, 3.8) is 0 Å². The maximum Gasteiger partial charge on any atom is 0.270 e. The van der Waals surface area contributed by atoms with Gasteiger partial charge in [0.2, 0.25) is 6.43 Å². The summed E-state index contributed by atoms with van der Waals surface area (Å²) >= 11 is 0. The molecule has 186 valence electrons. The third-order valence-corrected chi connectivity index (χ3v) is 7.63. The Hall–Kier alpha value is -3.59. The Morgan fingerprint density at radius 3 is 2.69 bits per heavy atom. The monoisotopic (exact) mass is 491 g/mol. The van der Waals surface area contributed by atoms with Crippen LogP contribution < -0.4 is 10.9 Å². The molecule has 7 nitrogen and oxygen atoms in total. The van der Waals surface area contributed by atoms with Gasteiger partial charge in [0.15, 0.2) is 0 Å². The van der Waals surface area contributed by atoms with Crippen molar-refractivity contribution in [2.24, 2.45) is 5.92 Å². The molecule has 1 amide bonds. The average molecular weight is 492 g/mol. The Morgan fingerprint density at radius 2 is 1.92 bits per heavy atom. The first-order chi connectivity index (χ1) is 17.4. The van der Waals surface area contributed by atoms with Crippen LogP contribution in [0.4, 0.5) is 8.78 Å². The van der Waals surface area contributed by atoms with Gasteiger partial charge in [-0.2, -0.15) is 0 Å². The third-order valence-electron chi connectivity index (χ3n) is 7.63. The van der Waals surface area contributed by atoms with Crippen LogP contribution >= 0.6 is 0 Å². The minimum absolute atomic E-state index is 0.0830. The Bertz CT molecular complexity index is 1480. The van der Waals surface area contributed by atoms with Crippen LogP contribution in [-0.2, 0) is 13.1 Å². The summed E-state index contributed by atoms with van der Waals surface area (Å²) in [5.41, 5.74) is 3.15. The summed E-state index contributed by atoms with van der Waals surface area (Å²) < 4.78 is 27.9. The average Bonchev–Trinajstić information content (AvgIpc) is 3.37. The van der Waals surface area contributed by atoms with Crippen molar-refractivity contribution in [3.05, 3.63) is 82.0 Å². The number of benzene rings is 1. The van der Waals surface area contributed by atoms with E-state index < -0.39 is 18.3 Å². The number of nitrogens with one attached hydrogen (secondary N) is 2. The Balaban J connectivity index is 1.13. The number of hydrogen-bond donors (Lipinski definition) is 2. The number of carbonyl (C=O) groups excluding carboxylic acids is 1. The summed E-state index contributed by atoms with van der Waals surface area (Å²) in [6.07, 6.45) is 2.55. The number of hydrogen-bond acceptors (Lipinski definition) is 4. The Labute approximate surface area is 206 Å². The second-order valence-corrected chi connectivity index (χ2v) is 9.93. The lowest BCUT2D eigenvalue weighted by atomic mass is 9.91. The zero-order valence-electron chi connectivity index (χ0n) is 19.7. The van der Waals surface area contributed by atoms with E-state index in [1.54, 1.807) is 24.4 Å². The second kappa shape index (κ2) is 9.13. The van der Waals surface area contributed by atoms with Gasteiger partial charge in [0.05, 0.1) is 0 Å². The number of halogens is 2. The van der Waals surface area contributed by atoms with Crippen molar-refractivity contribution >= 4 is 22.5 Å². The Morgan fingerprint density at radius 1 is 1.11 bits per heavy atom. The van der Waals surface area contributed by atoms with E-state index in [1.807, 2.05) is 18.2 Å². The third kappa shape index (κ3) is 4.28. The van der Waals surface area contributed by atoms with Gasteiger partial charge >= 0.3 is 0 Å². The fourth-order valence-electron chi connectivity index (χ4n) is 5.85. The summed E-state index contributed by atoms with van der Waals surface area (Å²) in [5, 5.41) is 3.91. The zero-order valence-corrected chi connectivity index (χ0v) is 19.7. The van der Waals surface area contributed by atoms with E-state index in [0.717, 1.165) is 41.5 Å². The molecule has 4 aromatic rings. The molecule has 2 N–H and O–H groups in total. The van der Waals surface area contributed by atoms with Crippen molar-refractivity contribution in [2.45, 2.75) is 57.3 Å². The number of alkyl halides is 2.